The van der Waals surface area contributed by atoms with E-state index < -0.39 is 11.4 Å². The van der Waals surface area contributed by atoms with Gasteiger partial charge in [-0.3, -0.25) is 9.59 Å². The van der Waals surface area contributed by atoms with Crippen LogP contribution in [0, 0.1) is 17.3 Å². The largest absolute Gasteiger partial charge is 0.480 e. The molecule has 2 N–H and O–H groups in total. The SMILES string of the molecule is O=C(O)C1(C(=O)N[C@H]2[C@H]3CCC[C@H]3[C@H]2OCc2ccccc2)CCC1. The minimum Gasteiger partial charge on any atom is -0.480 e. The average Bonchev–Trinajstić information content (AvgIpc) is 2.97. The molecule has 0 spiro atoms. The Balaban J connectivity index is 1.42. The van der Waals surface area contributed by atoms with Crippen molar-refractivity contribution in [3.8, 4) is 0 Å². The van der Waals surface area contributed by atoms with E-state index in [1.807, 2.05) is 30.3 Å². The first-order valence-corrected chi connectivity index (χ1v) is 9.32. The van der Waals surface area contributed by atoms with Gasteiger partial charge in [0.1, 0.15) is 5.41 Å². The zero-order valence-corrected chi connectivity index (χ0v) is 14.3. The highest BCUT2D eigenvalue weighted by Gasteiger charge is 2.57. The summed E-state index contributed by atoms with van der Waals surface area (Å²) in [6.45, 7) is 0.533. The number of rotatable bonds is 6. The first-order valence-electron chi connectivity index (χ1n) is 9.32. The van der Waals surface area contributed by atoms with E-state index in [0.717, 1.165) is 31.2 Å². The second kappa shape index (κ2) is 6.45. The number of carboxylic acids is 1. The topological polar surface area (TPSA) is 75.6 Å². The normalized spacial score (nSPS) is 32.2. The number of hydrogen-bond acceptors (Lipinski definition) is 3. The summed E-state index contributed by atoms with van der Waals surface area (Å²) in [7, 11) is 0. The maximum absolute atomic E-state index is 12.7. The van der Waals surface area contributed by atoms with Crippen LogP contribution in [0.5, 0.6) is 0 Å². The molecule has 3 fully saturated rings. The molecule has 3 saturated carbocycles. The standard InChI is InChI=1S/C20H25NO4/c22-18(20(19(23)24)10-5-11-20)21-16-14-8-4-9-15(14)17(16)25-12-13-6-2-1-3-7-13/h1-3,6-7,14-17H,4-5,8-12H2,(H,21,22)(H,23,24)/t14-,15+,16-,17+/m0/s1. The van der Waals surface area contributed by atoms with Gasteiger partial charge in [0.2, 0.25) is 5.91 Å². The van der Waals surface area contributed by atoms with Crippen molar-refractivity contribution in [2.75, 3.05) is 0 Å². The van der Waals surface area contributed by atoms with Gasteiger partial charge in [0, 0.05) is 0 Å². The predicted octanol–water partition coefficient (Wildman–Crippen LogP) is 2.74. The molecule has 1 aromatic rings. The van der Waals surface area contributed by atoms with E-state index >= 15 is 0 Å². The number of hydrogen-bond donors (Lipinski definition) is 2. The van der Waals surface area contributed by atoms with E-state index in [-0.39, 0.29) is 18.1 Å². The Kier molecular flexibility index (Phi) is 4.28. The second-order valence-electron chi connectivity index (χ2n) is 7.76. The van der Waals surface area contributed by atoms with Gasteiger partial charge in [-0.1, -0.05) is 43.2 Å². The van der Waals surface area contributed by atoms with Crippen molar-refractivity contribution in [3.63, 3.8) is 0 Å². The number of amides is 1. The Labute approximate surface area is 147 Å². The van der Waals surface area contributed by atoms with Crippen molar-refractivity contribution in [1.82, 2.24) is 5.32 Å². The monoisotopic (exact) mass is 343 g/mol. The summed E-state index contributed by atoms with van der Waals surface area (Å²) in [5.74, 6) is -0.359. The molecule has 25 heavy (non-hydrogen) atoms. The van der Waals surface area contributed by atoms with Crippen molar-refractivity contribution >= 4 is 11.9 Å². The van der Waals surface area contributed by atoms with Crippen molar-refractivity contribution in [2.45, 2.75) is 57.3 Å². The number of fused-ring (bicyclic) bond motifs is 1. The Morgan fingerprint density at radius 2 is 1.84 bits per heavy atom. The summed E-state index contributed by atoms with van der Waals surface area (Å²) >= 11 is 0. The first-order chi connectivity index (χ1) is 12.1. The Hall–Kier alpha value is -1.88. The second-order valence-corrected chi connectivity index (χ2v) is 7.76. The molecular weight excluding hydrogens is 318 g/mol. The molecule has 0 aromatic heterocycles. The van der Waals surface area contributed by atoms with Gasteiger partial charge < -0.3 is 15.2 Å². The highest BCUT2D eigenvalue weighted by atomic mass is 16.5. The lowest BCUT2D eigenvalue weighted by molar-refractivity contribution is -0.166. The first kappa shape index (κ1) is 16.6. The van der Waals surface area contributed by atoms with Gasteiger partial charge in [-0.15, -0.1) is 0 Å². The smallest absolute Gasteiger partial charge is 0.319 e. The third kappa shape index (κ3) is 2.74. The van der Waals surface area contributed by atoms with Crippen LogP contribution in [-0.2, 0) is 20.9 Å². The van der Waals surface area contributed by atoms with Gasteiger partial charge >= 0.3 is 5.97 Å². The summed E-state index contributed by atoms with van der Waals surface area (Å²) in [6, 6.07) is 9.99. The third-order valence-corrected chi connectivity index (χ3v) is 6.50. The molecule has 5 heteroatoms. The molecule has 1 amide bonds. The zero-order chi connectivity index (χ0) is 17.4. The number of carbonyl (C=O) groups excluding carboxylic acids is 1. The maximum Gasteiger partial charge on any atom is 0.319 e. The molecular formula is C20H25NO4. The molecule has 4 atom stereocenters. The lowest BCUT2D eigenvalue weighted by Crippen LogP contribution is -2.65. The molecule has 134 valence electrons. The third-order valence-electron chi connectivity index (χ3n) is 6.50. The van der Waals surface area contributed by atoms with E-state index in [4.69, 9.17) is 4.74 Å². The van der Waals surface area contributed by atoms with Crippen molar-refractivity contribution < 1.29 is 19.4 Å². The molecule has 1 aromatic carbocycles. The molecule has 0 saturated heterocycles. The highest BCUT2D eigenvalue weighted by Crippen LogP contribution is 2.50. The average molecular weight is 343 g/mol. The zero-order valence-electron chi connectivity index (χ0n) is 14.3. The quantitative estimate of drug-likeness (QED) is 0.779. The molecule has 4 rings (SSSR count). The minimum absolute atomic E-state index is 0.00239. The fourth-order valence-corrected chi connectivity index (χ4v) is 4.78. The van der Waals surface area contributed by atoms with Crippen LogP contribution in [0.25, 0.3) is 0 Å². The van der Waals surface area contributed by atoms with Crippen molar-refractivity contribution in [2.24, 2.45) is 17.3 Å². The number of carbonyl (C=O) groups is 2. The predicted molar refractivity (Wildman–Crippen MR) is 91.7 cm³/mol. The molecule has 0 bridgehead atoms. The maximum atomic E-state index is 12.7. The van der Waals surface area contributed by atoms with Crippen LogP contribution in [0.1, 0.15) is 44.1 Å². The summed E-state index contributed by atoms with van der Waals surface area (Å²) in [4.78, 5) is 24.2. The van der Waals surface area contributed by atoms with Crippen LogP contribution in [0.4, 0.5) is 0 Å². The van der Waals surface area contributed by atoms with Gasteiger partial charge in [0.25, 0.3) is 0 Å². The van der Waals surface area contributed by atoms with E-state index in [2.05, 4.69) is 5.32 Å². The molecule has 3 aliphatic rings. The highest BCUT2D eigenvalue weighted by molar-refractivity contribution is 6.03. The number of carboxylic acid groups (broad SMARTS) is 1. The summed E-state index contributed by atoms with van der Waals surface area (Å²) in [5.41, 5.74) is -0.0803. The summed E-state index contributed by atoms with van der Waals surface area (Å²) in [5, 5.41) is 12.5. The molecule has 3 aliphatic carbocycles. The van der Waals surface area contributed by atoms with Crippen LogP contribution >= 0.6 is 0 Å². The Morgan fingerprint density at radius 1 is 1.12 bits per heavy atom. The van der Waals surface area contributed by atoms with Gasteiger partial charge in [-0.05, 0) is 43.1 Å². The van der Waals surface area contributed by atoms with Crippen LogP contribution in [0.15, 0.2) is 30.3 Å². The lowest BCUT2D eigenvalue weighted by Gasteiger charge is -2.50. The van der Waals surface area contributed by atoms with Gasteiger partial charge in [-0.2, -0.15) is 0 Å². The van der Waals surface area contributed by atoms with Crippen molar-refractivity contribution in [1.29, 1.82) is 0 Å². The minimum atomic E-state index is -1.20. The van der Waals surface area contributed by atoms with Gasteiger partial charge in [0.15, 0.2) is 0 Å². The van der Waals surface area contributed by atoms with Gasteiger partial charge in [0.05, 0.1) is 18.8 Å². The molecule has 0 unspecified atom stereocenters. The number of ether oxygens (including phenoxy) is 1. The Bertz CT molecular complexity index is 655. The van der Waals surface area contributed by atoms with Crippen molar-refractivity contribution in [3.05, 3.63) is 35.9 Å². The number of benzene rings is 1. The van der Waals surface area contributed by atoms with E-state index in [9.17, 15) is 14.7 Å². The summed E-state index contributed by atoms with van der Waals surface area (Å²) < 4.78 is 6.15. The fraction of sp³-hybridized carbons (Fsp3) is 0.600. The number of nitrogens with one attached hydrogen (secondary N) is 1. The lowest BCUT2D eigenvalue weighted by atomic mass is 9.65. The molecule has 0 heterocycles. The van der Waals surface area contributed by atoms with E-state index in [1.54, 1.807) is 0 Å². The molecule has 5 nitrogen and oxygen atoms in total. The Morgan fingerprint density at radius 3 is 2.48 bits per heavy atom. The summed E-state index contributed by atoms with van der Waals surface area (Å²) in [6.07, 6.45) is 5.11. The molecule has 0 aliphatic heterocycles. The van der Waals surface area contributed by atoms with E-state index in [0.29, 0.717) is 31.3 Å². The van der Waals surface area contributed by atoms with Crippen LogP contribution < -0.4 is 5.32 Å². The molecule has 0 radical (unpaired) electrons. The van der Waals surface area contributed by atoms with Crippen LogP contribution in [0.3, 0.4) is 0 Å². The fourth-order valence-electron chi connectivity index (χ4n) is 4.78. The van der Waals surface area contributed by atoms with Crippen LogP contribution in [-0.4, -0.2) is 29.1 Å². The number of aliphatic carboxylic acids is 1. The van der Waals surface area contributed by atoms with Crippen LogP contribution in [0.2, 0.25) is 0 Å². The van der Waals surface area contributed by atoms with E-state index in [1.165, 1.54) is 0 Å². The van der Waals surface area contributed by atoms with Gasteiger partial charge in [-0.25, -0.2) is 0 Å².